The van der Waals surface area contributed by atoms with Gasteiger partial charge in [-0.1, -0.05) is 18.2 Å². The van der Waals surface area contributed by atoms with Crippen molar-refractivity contribution in [3.63, 3.8) is 0 Å². The first-order valence-corrected chi connectivity index (χ1v) is 10.8. The van der Waals surface area contributed by atoms with Crippen LogP contribution < -0.4 is 14.4 Å². The third-order valence-electron chi connectivity index (χ3n) is 3.86. The van der Waals surface area contributed by atoms with Crippen LogP contribution in [0, 0.1) is 0 Å². The Labute approximate surface area is 166 Å². The Kier molecular flexibility index (Phi) is 7.23. The van der Waals surface area contributed by atoms with Gasteiger partial charge in [0.1, 0.15) is 5.75 Å². The number of amides is 1. The molecule has 2 rings (SSSR count). The summed E-state index contributed by atoms with van der Waals surface area (Å²) in [6.45, 7) is 8.06. The summed E-state index contributed by atoms with van der Waals surface area (Å²) < 4.78 is 30.6. The Morgan fingerprint density at radius 3 is 2.25 bits per heavy atom. The molecule has 7 heteroatoms. The number of hydrogen-bond acceptors (Lipinski definition) is 4. The normalized spacial score (nSPS) is 11.1. The number of rotatable bonds is 9. The highest BCUT2D eigenvalue weighted by Crippen LogP contribution is 2.18. The van der Waals surface area contributed by atoms with Gasteiger partial charge in [0, 0.05) is 12.1 Å². The van der Waals surface area contributed by atoms with Gasteiger partial charge in [0.05, 0.1) is 24.6 Å². The number of carbonyl (C=O) groups excluding carboxylic acids is 1. The third kappa shape index (κ3) is 6.13. The molecule has 0 aliphatic carbocycles. The fourth-order valence-corrected chi connectivity index (χ4v) is 3.45. The Bertz CT molecular complexity index is 904. The molecule has 150 valence electrons. The lowest BCUT2D eigenvalue weighted by atomic mass is 10.1. The molecule has 2 aromatic rings. The maximum atomic E-state index is 12.4. The van der Waals surface area contributed by atoms with Gasteiger partial charge in [0.25, 0.3) is 5.91 Å². The molecule has 0 unspecified atom stereocenters. The van der Waals surface area contributed by atoms with Crippen LogP contribution in [0.1, 0.15) is 29.8 Å². The maximum Gasteiger partial charge on any atom is 0.251 e. The predicted octanol–water partition coefficient (Wildman–Crippen LogP) is 3.36. The molecule has 28 heavy (non-hydrogen) atoms. The summed E-state index contributed by atoms with van der Waals surface area (Å²) >= 11 is 0. The fraction of sp³-hybridized carbons (Fsp3) is 0.286. The van der Waals surface area contributed by atoms with E-state index in [1.807, 2.05) is 38.1 Å². The molecule has 0 aromatic heterocycles. The first kappa shape index (κ1) is 21.5. The van der Waals surface area contributed by atoms with Crippen LogP contribution >= 0.6 is 0 Å². The van der Waals surface area contributed by atoms with Crippen LogP contribution in [-0.4, -0.2) is 33.2 Å². The van der Waals surface area contributed by atoms with Crippen molar-refractivity contribution < 1.29 is 17.9 Å². The second-order valence-corrected chi connectivity index (χ2v) is 8.53. The molecule has 0 atom stereocenters. The van der Waals surface area contributed by atoms with Crippen LogP contribution in [0.3, 0.4) is 0 Å². The average Bonchev–Trinajstić information content (AvgIpc) is 2.64. The van der Waals surface area contributed by atoms with Gasteiger partial charge >= 0.3 is 0 Å². The van der Waals surface area contributed by atoms with Crippen molar-refractivity contribution in [3.05, 3.63) is 72.3 Å². The molecule has 1 amide bonds. The van der Waals surface area contributed by atoms with E-state index >= 15 is 0 Å². The van der Waals surface area contributed by atoms with E-state index in [0.29, 0.717) is 17.8 Å². The van der Waals surface area contributed by atoms with Crippen LogP contribution in [-0.2, 0) is 16.6 Å². The number of ether oxygens (including phenoxy) is 1. The van der Waals surface area contributed by atoms with Crippen LogP contribution in [0.25, 0.3) is 0 Å². The van der Waals surface area contributed by atoms with Crippen LogP contribution in [0.2, 0.25) is 0 Å². The molecular formula is C21H26N2O4S. The Morgan fingerprint density at radius 2 is 1.75 bits per heavy atom. The lowest BCUT2D eigenvalue weighted by Crippen LogP contribution is -2.30. The molecule has 0 bridgehead atoms. The van der Waals surface area contributed by atoms with E-state index in [1.54, 1.807) is 24.3 Å². The SMILES string of the molecule is C=CCN(c1ccc(C(=O)NCc2ccc(OC(C)C)cc2)cc1)S(C)(=O)=O. The van der Waals surface area contributed by atoms with Gasteiger partial charge < -0.3 is 10.1 Å². The van der Waals surface area contributed by atoms with Crippen molar-refractivity contribution in [2.75, 3.05) is 17.1 Å². The topological polar surface area (TPSA) is 75.7 Å². The third-order valence-corrected chi connectivity index (χ3v) is 5.02. The summed E-state index contributed by atoms with van der Waals surface area (Å²) in [5.74, 6) is 0.555. The number of carbonyl (C=O) groups is 1. The van der Waals surface area contributed by atoms with Gasteiger partial charge in [-0.05, 0) is 55.8 Å². The molecule has 0 saturated heterocycles. The zero-order valence-electron chi connectivity index (χ0n) is 16.4. The fourth-order valence-electron chi connectivity index (χ4n) is 2.57. The zero-order chi connectivity index (χ0) is 20.7. The first-order valence-electron chi connectivity index (χ1n) is 8.93. The molecule has 0 radical (unpaired) electrons. The summed E-state index contributed by atoms with van der Waals surface area (Å²) in [7, 11) is -3.42. The van der Waals surface area contributed by atoms with Gasteiger partial charge in [-0.25, -0.2) is 8.42 Å². The number of sulfonamides is 1. The molecule has 1 N–H and O–H groups in total. The van der Waals surface area contributed by atoms with Crippen molar-refractivity contribution in [3.8, 4) is 5.75 Å². The van der Waals surface area contributed by atoms with Crippen molar-refractivity contribution >= 4 is 21.6 Å². The molecule has 0 saturated carbocycles. The van der Waals surface area contributed by atoms with Gasteiger partial charge in [0.2, 0.25) is 10.0 Å². The Hall–Kier alpha value is -2.80. The number of nitrogens with one attached hydrogen (secondary N) is 1. The summed E-state index contributed by atoms with van der Waals surface area (Å²) in [6, 6.07) is 14.0. The minimum Gasteiger partial charge on any atom is -0.491 e. The second-order valence-electron chi connectivity index (χ2n) is 6.62. The minimum absolute atomic E-state index is 0.110. The molecule has 6 nitrogen and oxygen atoms in total. The van der Waals surface area contributed by atoms with Crippen molar-refractivity contribution in [1.29, 1.82) is 0 Å². The van der Waals surface area contributed by atoms with E-state index < -0.39 is 10.0 Å². The molecule has 0 aliphatic rings. The van der Waals surface area contributed by atoms with Gasteiger partial charge in [0.15, 0.2) is 0 Å². The van der Waals surface area contributed by atoms with Gasteiger partial charge in [-0.3, -0.25) is 9.10 Å². The van der Waals surface area contributed by atoms with E-state index in [4.69, 9.17) is 4.74 Å². The lowest BCUT2D eigenvalue weighted by molar-refractivity contribution is 0.0951. The molecular weight excluding hydrogens is 376 g/mol. The van der Waals surface area contributed by atoms with E-state index in [0.717, 1.165) is 17.6 Å². The Balaban J connectivity index is 2.00. The van der Waals surface area contributed by atoms with Gasteiger partial charge in [-0.2, -0.15) is 0 Å². The number of nitrogens with zero attached hydrogens (tertiary/aromatic N) is 1. The summed E-state index contributed by atoms with van der Waals surface area (Å²) in [4.78, 5) is 12.4. The highest BCUT2D eigenvalue weighted by molar-refractivity contribution is 7.92. The highest BCUT2D eigenvalue weighted by atomic mass is 32.2. The second kappa shape index (κ2) is 9.41. The van der Waals surface area contributed by atoms with Crippen molar-refractivity contribution in [1.82, 2.24) is 5.32 Å². The molecule has 0 spiro atoms. The van der Waals surface area contributed by atoms with E-state index in [2.05, 4.69) is 11.9 Å². The molecule has 0 aliphatic heterocycles. The van der Waals surface area contributed by atoms with Crippen molar-refractivity contribution in [2.45, 2.75) is 26.5 Å². The quantitative estimate of drug-likeness (QED) is 0.653. The van der Waals surface area contributed by atoms with E-state index in [1.165, 1.54) is 10.4 Å². The van der Waals surface area contributed by atoms with Crippen molar-refractivity contribution in [2.24, 2.45) is 0 Å². The number of hydrogen-bond donors (Lipinski definition) is 1. The minimum atomic E-state index is -3.42. The van der Waals surface area contributed by atoms with Crippen LogP contribution in [0.5, 0.6) is 5.75 Å². The zero-order valence-corrected chi connectivity index (χ0v) is 17.2. The summed E-state index contributed by atoms with van der Waals surface area (Å²) in [6.07, 6.45) is 2.76. The molecule has 2 aromatic carbocycles. The van der Waals surface area contributed by atoms with Gasteiger partial charge in [-0.15, -0.1) is 6.58 Å². The Morgan fingerprint density at radius 1 is 1.14 bits per heavy atom. The van der Waals surface area contributed by atoms with Crippen LogP contribution in [0.15, 0.2) is 61.2 Å². The summed E-state index contributed by atoms with van der Waals surface area (Å²) in [5, 5.41) is 2.85. The summed E-state index contributed by atoms with van der Waals surface area (Å²) in [5.41, 5.74) is 1.89. The molecule has 0 fully saturated rings. The number of anilines is 1. The molecule has 0 heterocycles. The number of benzene rings is 2. The first-order chi connectivity index (χ1) is 13.2. The van der Waals surface area contributed by atoms with E-state index in [9.17, 15) is 13.2 Å². The monoisotopic (exact) mass is 402 g/mol. The standard InChI is InChI=1S/C21H26N2O4S/c1-5-14-23(28(4,25)26)19-10-8-18(9-11-19)21(24)22-15-17-6-12-20(13-7-17)27-16(2)3/h5-13,16H,1,14-15H2,2-4H3,(H,22,24). The maximum absolute atomic E-state index is 12.4. The largest absolute Gasteiger partial charge is 0.491 e. The predicted molar refractivity (Wildman–Crippen MR) is 112 cm³/mol. The van der Waals surface area contributed by atoms with Crippen LogP contribution in [0.4, 0.5) is 5.69 Å². The highest BCUT2D eigenvalue weighted by Gasteiger charge is 2.16. The smallest absolute Gasteiger partial charge is 0.251 e. The average molecular weight is 403 g/mol. The lowest BCUT2D eigenvalue weighted by Gasteiger charge is -2.20. The van der Waals surface area contributed by atoms with E-state index in [-0.39, 0.29) is 18.6 Å².